The second-order valence-corrected chi connectivity index (χ2v) is 31.4. The molecule has 2 N–H and O–H groups in total. The molecule has 2 aliphatic heterocycles. The summed E-state index contributed by atoms with van der Waals surface area (Å²) in [5.74, 6) is 0. The summed E-state index contributed by atoms with van der Waals surface area (Å²) in [5.41, 5.74) is 31.1. The number of hydrogen-bond acceptors (Lipinski definition) is 2. The normalized spacial score (nSPS) is 13.5. The van der Waals surface area contributed by atoms with E-state index in [2.05, 4.69) is 327 Å². The number of benzene rings is 6. The molecule has 13 rings (SSSR count). The topological polar surface area (TPSA) is 62.3 Å². The molecule has 5 nitrogen and oxygen atoms in total. The Balaban J connectivity index is 1.28. The van der Waals surface area contributed by atoms with Gasteiger partial charge in [0.2, 0.25) is 0 Å². The van der Waals surface area contributed by atoms with Crippen LogP contribution < -0.4 is 0 Å². The number of nitrogens with one attached hydrogen (secondary N) is 2. The van der Waals surface area contributed by atoms with Gasteiger partial charge < -0.3 is 14.5 Å². The van der Waals surface area contributed by atoms with Gasteiger partial charge in [0.15, 0.2) is 0 Å². The van der Waals surface area contributed by atoms with Gasteiger partial charge in [-0.2, -0.15) is 0 Å². The molecule has 10 aromatic rings. The van der Waals surface area contributed by atoms with Crippen LogP contribution in [0.15, 0.2) is 170 Å². The van der Waals surface area contributed by atoms with Crippen molar-refractivity contribution >= 4 is 45.9 Å². The first-order chi connectivity index (χ1) is 41.9. The molecule has 5 heteroatoms. The molecule has 0 unspecified atom stereocenters. The van der Waals surface area contributed by atoms with Gasteiger partial charge in [0.1, 0.15) is 0 Å². The molecular formula is C84H87N5. The highest BCUT2D eigenvalue weighted by Gasteiger charge is 2.40. The third-order valence-electron chi connectivity index (χ3n) is 18.5. The maximum Gasteiger partial charge on any atom is 0.0817 e. The molecule has 89 heavy (non-hydrogen) atoms. The van der Waals surface area contributed by atoms with Gasteiger partial charge in [-0.1, -0.05) is 258 Å². The zero-order valence-electron chi connectivity index (χ0n) is 55.7. The van der Waals surface area contributed by atoms with Crippen LogP contribution in [0.2, 0.25) is 0 Å². The molecule has 3 aliphatic rings. The number of aromatic nitrogens is 5. The molecule has 0 saturated carbocycles. The Morgan fingerprint density at radius 1 is 0.292 bits per heavy atom. The fourth-order valence-electron chi connectivity index (χ4n) is 13.2. The van der Waals surface area contributed by atoms with E-state index in [1.165, 1.54) is 33.4 Å². The van der Waals surface area contributed by atoms with Crippen molar-refractivity contribution < 1.29 is 0 Å². The van der Waals surface area contributed by atoms with E-state index in [1.54, 1.807) is 0 Å². The zero-order chi connectivity index (χ0) is 63.1. The van der Waals surface area contributed by atoms with Crippen LogP contribution in [0, 0.1) is 0 Å². The highest BCUT2D eigenvalue weighted by atomic mass is 15.0. The summed E-state index contributed by atoms with van der Waals surface area (Å²) in [6, 6.07) is 63.9. The van der Waals surface area contributed by atoms with Crippen molar-refractivity contribution in [3.63, 3.8) is 0 Å². The molecule has 1 aliphatic carbocycles. The Bertz CT molecular complexity index is 4620. The molecule has 0 atom stereocenters. The average Bonchev–Trinajstić information content (AvgIpc) is 1.53. The van der Waals surface area contributed by atoms with Gasteiger partial charge in [-0.15, -0.1) is 0 Å². The smallest absolute Gasteiger partial charge is 0.0817 e. The summed E-state index contributed by atoms with van der Waals surface area (Å²) in [4.78, 5) is 20.5. The number of H-pyrrole nitrogens is 2. The Kier molecular flexibility index (Phi) is 13.9. The highest BCUT2D eigenvalue weighted by molar-refractivity contribution is 6.18. The molecule has 8 bridgehead atoms. The van der Waals surface area contributed by atoms with E-state index >= 15 is 0 Å². The first kappa shape index (κ1) is 59.2. The van der Waals surface area contributed by atoms with E-state index in [4.69, 9.17) is 9.97 Å². The van der Waals surface area contributed by atoms with E-state index in [-0.39, 0.29) is 32.5 Å². The van der Waals surface area contributed by atoms with Gasteiger partial charge in [-0.3, -0.25) is 0 Å². The second kappa shape index (κ2) is 20.9. The lowest BCUT2D eigenvalue weighted by Crippen LogP contribution is -2.16. The van der Waals surface area contributed by atoms with Crippen LogP contribution in [-0.2, 0) is 32.5 Å². The monoisotopic (exact) mass is 1170 g/mol. The van der Waals surface area contributed by atoms with Crippen LogP contribution in [0.1, 0.15) is 186 Å². The summed E-state index contributed by atoms with van der Waals surface area (Å²) >= 11 is 0. The number of hydrogen-bond donors (Lipinski definition) is 2. The lowest BCUT2D eigenvalue weighted by molar-refractivity contribution is 0.568. The molecule has 6 aromatic carbocycles. The fraction of sp³-hybridized carbons (Fsp3) is 0.286. The minimum atomic E-state index is -0.139. The first-order valence-electron chi connectivity index (χ1n) is 32.1. The Hall–Kier alpha value is -8.80. The molecule has 0 fully saturated rings. The highest BCUT2D eigenvalue weighted by Crippen LogP contribution is 2.58. The number of nitrogens with zero attached hydrogens (tertiary/aromatic N) is 3. The average molecular weight is 1170 g/mol. The standard InChI is InChI=1S/C84H87N5/c1-79(2,3)55-40-52(41-56(46-55)80(4,5)6)70-63-34-35-64(85-63)71(53-42-57(81(7,8)9)47-58(43-53)82(10,11)12)66-38-39-68(87-66)74-75-73(77(50-28-22-19-23-29-50)89(61-32-26-21-27-33-61)78(75)51-30-24-20-25-31-51)62-49-69(88-76(62)74)72(67-37-36-65(70)86-67)54-44-59(83(13,14)15)48-60(45-54)84(16,17)18/h19-49,86-87H,1-18H3. The van der Waals surface area contributed by atoms with Crippen LogP contribution in [0.5, 0.6) is 0 Å². The number of fused-ring (bicyclic) bond motifs is 11. The molecule has 0 radical (unpaired) electrons. The number of rotatable bonds is 6. The number of para-hydroxylation sites is 1. The Morgan fingerprint density at radius 3 is 0.955 bits per heavy atom. The zero-order valence-corrected chi connectivity index (χ0v) is 55.7. The minimum Gasteiger partial charge on any atom is -0.354 e. The van der Waals surface area contributed by atoms with E-state index in [0.717, 1.165) is 129 Å². The van der Waals surface area contributed by atoms with Crippen LogP contribution >= 0.6 is 0 Å². The van der Waals surface area contributed by atoms with E-state index < -0.39 is 0 Å². The lowest BCUT2D eigenvalue weighted by Gasteiger charge is -2.26. The Morgan fingerprint density at radius 2 is 0.607 bits per heavy atom. The molecule has 6 heterocycles. The van der Waals surface area contributed by atoms with Crippen molar-refractivity contribution in [3.05, 3.63) is 232 Å². The molecule has 4 aromatic heterocycles. The van der Waals surface area contributed by atoms with Gasteiger partial charge >= 0.3 is 0 Å². The molecular weight excluding hydrogens is 1080 g/mol. The molecule has 0 spiro atoms. The third-order valence-corrected chi connectivity index (χ3v) is 18.5. The summed E-state index contributed by atoms with van der Waals surface area (Å²) in [7, 11) is 0. The van der Waals surface area contributed by atoms with Crippen molar-refractivity contribution in [2.24, 2.45) is 0 Å². The predicted octanol–water partition coefficient (Wildman–Crippen LogP) is 23.0. The lowest BCUT2D eigenvalue weighted by atomic mass is 9.78. The van der Waals surface area contributed by atoms with Gasteiger partial charge in [0.25, 0.3) is 0 Å². The molecule has 0 amide bonds. The van der Waals surface area contributed by atoms with Crippen molar-refractivity contribution in [2.75, 3.05) is 0 Å². The number of aromatic amines is 2. The second-order valence-electron chi connectivity index (χ2n) is 31.4. The van der Waals surface area contributed by atoms with Gasteiger partial charge in [0, 0.05) is 66.7 Å². The van der Waals surface area contributed by atoms with Crippen LogP contribution in [0.25, 0.3) is 119 Å². The largest absolute Gasteiger partial charge is 0.354 e. The molecule has 448 valence electrons. The summed E-state index contributed by atoms with van der Waals surface area (Å²) in [6.45, 7) is 41.9. The van der Waals surface area contributed by atoms with Gasteiger partial charge in [0.05, 0.1) is 34.2 Å². The third kappa shape index (κ3) is 10.7. The van der Waals surface area contributed by atoms with Crippen LogP contribution in [0.3, 0.4) is 0 Å². The summed E-state index contributed by atoms with van der Waals surface area (Å²) in [6.07, 6.45) is 6.94. The van der Waals surface area contributed by atoms with E-state index in [0.29, 0.717) is 0 Å². The van der Waals surface area contributed by atoms with Crippen molar-refractivity contribution in [1.29, 1.82) is 0 Å². The maximum absolute atomic E-state index is 6.12. The minimum absolute atomic E-state index is 0.122. The Labute approximate surface area is 528 Å². The van der Waals surface area contributed by atoms with Crippen molar-refractivity contribution in [1.82, 2.24) is 24.5 Å². The van der Waals surface area contributed by atoms with Gasteiger partial charge in [-0.25, -0.2) is 9.97 Å². The quantitative estimate of drug-likeness (QED) is 0.174. The predicted molar refractivity (Wildman–Crippen MR) is 381 cm³/mol. The first-order valence-corrected chi connectivity index (χ1v) is 32.1. The van der Waals surface area contributed by atoms with Gasteiger partial charge in [-0.05, 0) is 148 Å². The molecule has 0 saturated heterocycles. The summed E-state index contributed by atoms with van der Waals surface area (Å²) < 4.78 is 2.51. The van der Waals surface area contributed by atoms with Crippen molar-refractivity contribution in [2.45, 2.75) is 157 Å². The SMILES string of the molecule is CC(C)(C)c1cc(-c2c3nc(c(-c4cc(C(C)(C)C)cc(C(C)(C)C)c4)c4ccc([nH]4)c4c5nc(c(-c6cc(C(C)(C)C)cc(C(C)(C)C)c6)c6ccc2[nH]6)C=C5c2c-4c(-c4ccccc4)n(-c4ccccc4)c2-c2ccccc2)C=C3)cc(C(C)(C)C)c1. The van der Waals surface area contributed by atoms with E-state index in [9.17, 15) is 0 Å². The van der Waals surface area contributed by atoms with E-state index in [1.807, 2.05) is 0 Å². The van der Waals surface area contributed by atoms with Crippen molar-refractivity contribution in [3.8, 4) is 72.7 Å². The summed E-state index contributed by atoms with van der Waals surface area (Å²) in [5, 5.41) is 0. The maximum atomic E-state index is 6.12. The fourth-order valence-corrected chi connectivity index (χ4v) is 13.2. The van der Waals surface area contributed by atoms with Crippen LogP contribution in [-0.4, -0.2) is 24.5 Å². The van der Waals surface area contributed by atoms with Crippen LogP contribution in [0.4, 0.5) is 0 Å².